The SMILES string of the molecule is Cc1ccc(C(=O)NC2CCN(C(=O)Cc3ccc(Cl)cc3)CC2)cc1. The number of hydrogen-bond acceptors (Lipinski definition) is 2. The van der Waals surface area contributed by atoms with Crippen molar-refractivity contribution < 1.29 is 9.59 Å². The molecule has 0 aromatic heterocycles. The second-order valence-electron chi connectivity index (χ2n) is 6.80. The maximum atomic E-state index is 12.4. The Balaban J connectivity index is 1.47. The molecule has 1 aliphatic rings. The summed E-state index contributed by atoms with van der Waals surface area (Å²) in [6.45, 7) is 3.34. The van der Waals surface area contributed by atoms with E-state index in [2.05, 4.69) is 5.32 Å². The fourth-order valence-corrected chi connectivity index (χ4v) is 3.26. The number of nitrogens with one attached hydrogen (secondary N) is 1. The first-order valence-electron chi connectivity index (χ1n) is 8.91. The molecular formula is C21H23ClN2O2. The third-order valence-electron chi connectivity index (χ3n) is 4.77. The van der Waals surface area contributed by atoms with Gasteiger partial charge in [-0.3, -0.25) is 9.59 Å². The number of benzene rings is 2. The monoisotopic (exact) mass is 370 g/mol. The van der Waals surface area contributed by atoms with Crippen molar-refractivity contribution in [2.45, 2.75) is 32.2 Å². The van der Waals surface area contributed by atoms with Gasteiger partial charge in [-0.25, -0.2) is 0 Å². The topological polar surface area (TPSA) is 49.4 Å². The van der Waals surface area contributed by atoms with Crippen LogP contribution >= 0.6 is 11.6 Å². The van der Waals surface area contributed by atoms with Crippen molar-refractivity contribution in [2.24, 2.45) is 0 Å². The summed E-state index contributed by atoms with van der Waals surface area (Å²) in [5, 5.41) is 3.75. The largest absolute Gasteiger partial charge is 0.349 e. The van der Waals surface area contributed by atoms with Crippen LogP contribution in [0.5, 0.6) is 0 Å². The molecule has 0 atom stereocenters. The molecule has 2 aromatic carbocycles. The number of carbonyl (C=O) groups is 2. The quantitative estimate of drug-likeness (QED) is 0.893. The van der Waals surface area contributed by atoms with Gasteiger partial charge in [0.25, 0.3) is 5.91 Å². The van der Waals surface area contributed by atoms with Gasteiger partial charge >= 0.3 is 0 Å². The summed E-state index contributed by atoms with van der Waals surface area (Å²) in [6, 6.07) is 15.0. The summed E-state index contributed by atoms with van der Waals surface area (Å²) in [7, 11) is 0. The van der Waals surface area contributed by atoms with Crippen LogP contribution in [0.1, 0.15) is 34.3 Å². The Bertz CT molecular complexity index is 764. The standard InChI is InChI=1S/C21H23ClN2O2/c1-15-2-6-17(7-3-15)21(26)23-19-10-12-24(13-11-19)20(25)14-16-4-8-18(22)9-5-16/h2-9,19H,10-14H2,1H3,(H,23,26). The molecule has 4 nitrogen and oxygen atoms in total. The summed E-state index contributed by atoms with van der Waals surface area (Å²) in [6.07, 6.45) is 1.95. The van der Waals surface area contributed by atoms with Gasteiger partial charge in [0, 0.05) is 29.7 Å². The third-order valence-corrected chi connectivity index (χ3v) is 5.02. The molecule has 1 fully saturated rings. The molecule has 1 aliphatic heterocycles. The molecule has 5 heteroatoms. The Hall–Kier alpha value is -2.33. The van der Waals surface area contributed by atoms with Crippen molar-refractivity contribution in [3.63, 3.8) is 0 Å². The molecule has 1 heterocycles. The number of amides is 2. The van der Waals surface area contributed by atoms with Crippen LogP contribution in [0.4, 0.5) is 0 Å². The second-order valence-corrected chi connectivity index (χ2v) is 7.23. The van der Waals surface area contributed by atoms with Gasteiger partial charge in [0.15, 0.2) is 0 Å². The lowest BCUT2D eigenvalue weighted by Crippen LogP contribution is -2.47. The molecule has 0 unspecified atom stereocenters. The summed E-state index contributed by atoms with van der Waals surface area (Å²) in [5.74, 6) is 0.0755. The molecule has 2 amide bonds. The summed E-state index contributed by atoms with van der Waals surface area (Å²) >= 11 is 5.88. The first kappa shape index (κ1) is 18.5. The van der Waals surface area contributed by atoms with Crippen molar-refractivity contribution in [3.8, 4) is 0 Å². The highest BCUT2D eigenvalue weighted by Crippen LogP contribution is 2.15. The van der Waals surface area contributed by atoms with Gasteiger partial charge in [0.2, 0.25) is 5.91 Å². The van der Waals surface area contributed by atoms with Crippen LogP contribution in [0.25, 0.3) is 0 Å². The van der Waals surface area contributed by atoms with E-state index in [0.29, 0.717) is 30.1 Å². The Morgan fingerprint density at radius 2 is 1.65 bits per heavy atom. The number of halogens is 1. The predicted molar refractivity (Wildman–Crippen MR) is 103 cm³/mol. The number of nitrogens with zero attached hydrogens (tertiary/aromatic N) is 1. The van der Waals surface area contributed by atoms with Crippen molar-refractivity contribution >= 4 is 23.4 Å². The van der Waals surface area contributed by atoms with Crippen LogP contribution in [0.3, 0.4) is 0 Å². The van der Waals surface area contributed by atoms with Gasteiger partial charge in [-0.05, 0) is 49.6 Å². The molecule has 1 N–H and O–H groups in total. The zero-order valence-corrected chi connectivity index (χ0v) is 15.6. The molecule has 2 aromatic rings. The molecule has 0 spiro atoms. The fourth-order valence-electron chi connectivity index (χ4n) is 3.14. The molecule has 26 heavy (non-hydrogen) atoms. The number of piperidine rings is 1. The minimum atomic E-state index is -0.0454. The number of rotatable bonds is 4. The highest BCUT2D eigenvalue weighted by Gasteiger charge is 2.24. The Morgan fingerprint density at radius 1 is 1.04 bits per heavy atom. The highest BCUT2D eigenvalue weighted by molar-refractivity contribution is 6.30. The number of aryl methyl sites for hydroxylation is 1. The van der Waals surface area contributed by atoms with E-state index in [1.165, 1.54) is 0 Å². The van der Waals surface area contributed by atoms with E-state index in [1.807, 2.05) is 48.2 Å². The second kappa shape index (κ2) is 8.37. The van der Waals surface area contributed by atoms with Crippen LogP contribution in [-0.2, 0) is 11.2 Å². The first-order valence-corrected chi connectivity index (χ1v) is 9.29. The molecule has 1 saturated heterocycles. The fraction of sp³-hybridized carbons (Fsp3) is 0.333. The van der Waals surface area contributed by atoms with Gasteiger partial charge in [0.1, 0.15) is 0 Å². The molecule has 136 valence electrons. The number of carbonyl (C=O) groups excluding carboxylic acids is 2. The maximum Gasteiger partial charge on any atom is 0.251 e. The minimum absolute atomic E-state index is 0.0454. The van der Waals surface area contributed by atoms with E-state index in [4.69, 9.17) is 11.6 Å². The lowest BCUT2D eigenvalue weighted by molar-refractivity contribution is -0.131. The molecular weight excluding hydrogens is 348 g/mol. The van der Waals surface area contributed by atoms with Crippen LogP contribution in [0.2, 0.25) is 5.02 Å². The lowest BCUT2D eigenvalue weighted by Gasteiger charge is -2.32. The van der Waals surface area contributed by atoms with Crippen LogP contribution in [-0.4, -0.2) is 35.8 Å². The number of likely N-dealkylation sites (tertiary alicyclic amines) is 1. The molecule has 3 rings (SSSR count). The first-order chi connectivity index (χ1) is 12.5. The summed E-state index contributed by atoms with van der Waals surface area (Å²) < 4.78 is 0. The van der Waals surface area contributed by atoms with Crippen LogP contribution in [0.15, 0.2) is 48.5 Å². The average molecular weight is 371 g/mol. The molecule has 0 aliphatic carbocycles. The minimum Gasteiger partial charge on any atom is -0.349 e. The van der Waals surface area contributed by atoms with E-state index in [0.717, 1.165) is 24.0 Å². The number of hydrogen-bond donors (Lipinski definition) is 1. The van der Waals surface area contributed by atoms with Crippen molar-refractivity contribution in [3.05, 3.63) is 70.2 Å². The van der Waals surface area contributed by atoms with E-state index in [-0.39, 0.29) is 17.9 Å². The highest BCUT2D eigenvalue weighted by atomic mass is 35.5. The Labute approximate surface area is 159 Å². The van der Waals surface area contributed by atoms with E-state index >= 15 is 0 Å². The normalized spacial score (nSPS) is 14.9. The van der Waals surface area contributed by atoms with Gasteiger partial charge < -0.3 is 10.2 Å². The van der Waals surface area contributed by atoms with E-state index in [9.17, 15) is 9.59 Å². The molecule has 0 bridgehead atoms. The van der Waals surface area contributed by atoms with Gasteiger partial charge in [-0.15, -0.1) is 0 Å². The summed E-state index contributed by atoms with van der Waals surface area (Å²) in [5.41, 5.74) is 2.78. The van der Waals surface area contributed by atoms with Crippen LogP contribution < -0.4 is 5.32 Å². The van der Waals surface area contributed by atoms with Crippen LogP contribution in [0, 0.1) is 6.92 Å². The zero-order chi connectivity index (χ0) is 18.5. The summed E-state index contributed by atoms with van der Waals surface area (Å²) in [4.78, 5) is 26.6. The van der Waals surface area contributed by atoms with E-state index < -0.39 is 0 Å². The predicted octanol–water partition coefficient (Wildman–Crippen LogP) is 3.61. The maximum absolute atomic E-state index is 12.4. The van der Waals surface area contributed by atoms with Gasteiger partial charge in [-0.1, -0.05) is 41.4 Å². The smallest absolute Gasteiger partial charge is 0.251 e. The molecule has 0 radical (unpaired) electrons. The Morgan fingerprint density at radius 3 is 2.27 bits per heavy atom. The third kappa shape index (κ3) is 4.85. The van der Waals surface area contributed by atoms with Gasteiger partial charge in [-0.2, -0.15) is 0 Å². The van der Waals surface area contributed by atoms with Crippen molar-refractivity contribution in [1.29, 1.82) is 0 Å². The van der Waals surface area contributed by atoms with Gasteiger partial charge in [0.05, 0.1) is 6.42 Å². The zero-order valence-electron chi connectivity index (χ0n) is 14.9. The Kier molecular flexibility index (Phi) is 5.94. The van der Waals surface area contributed by atoms with Crippen molar-refractivity contribution in [1.82, 2.24) is 10.2 Å². The lowest BCUT2D eigenvalue weighted by atomic mass is 10.0. The average Bonchev–Trinajstić information content (AvgIpc) is 2.64. The van der Waals surface area contributed by atoms with Crippen molar-refractivity contribution in [2.75, 3.05) is 13.1 Å². The van der Waals surface area contributed by atoms with E-state index in [1.54, 1.807) is 12.1 Å². The molecule has 0 saturated carbocycles.